The van der Waals surface area contributed by atoms with Crippen molar-refractivity contribution in [2.75, 3.05) is 31.7 Å². The lowest BCUT2D eigenvalue weighted by atomic mass is 10.0. The lowest BCUT2D eigenvalue weighted by molar-refractivity contribution is 0.0576. The highest BCUT2D eigenvalue weighted by molar-refractivity contribution is 5.51. The number of halogens is 1. The summed E-state index contributed by atoms with van der Waals surface area (Å²) in [4.78, 5) is 1.99. The molecule has 0 spiro atoms. The fraction of sp³-hybridized carbons (Fsp3) is 0.500. The van der Waals surface area contributed by atoms with E-state index in [2.05, 4.69) is 0 Å². The summed E-state index contributed by atoms with van der Waals surface area (Å²) in [5.74, 6) is 0.119. The Morgan fingerprint density at radius 2 is 2.33 bits per heavy atom. The molecule has 1 unspecified atom stereocenters. The van der Waals surface area contributed by atoms with Crippen LogP contribution in [-0.4, -0.2) is 26.8 Å². The Balaban J connectivity index is 2.05. The van der Waals surface area contributed by atoms with Crippen LogP contribution in [0, 0.1) is 23.1 Å². The van der Waals surface area contributed by atoms with Crippen molar-refractivity contribution in [3.05, 3.63) is 29.6 Å². The van der Waals surface area contributed by atoms with Crippen LogP contribution in [0.5, 0.6) is 0 Å². The van der Waals surface area contributed by atoms with Crippen LogP contribution in [0.4, 0.5) is 10.1 Å². The number of ether oxygens (including phenoxy) is 1. The summed E-state index contributed by atoms with van der Waals surface area (Å²) in [5, 5.41) is 8.83. The Hall–Kier alpha value is -1.60. The Labute approximate surface area is 107 Å². The second-order valence-electron chi connectivity index (χ2n) is 4.77. The molecule has 4 heteroatoms. The zero-order chi connectivity index (χ0) is 13.0. The van der Waals surface area contributed by atoms with Gasteiger partial charge in [-0.15, -0.1) is 0 Å². The number of hydrogen-bond acceptors (Lipinski definition) is 3. The third-order valence-electron chi connectivity index (χ3n) is 3.24. The molecule has 1 aliphatic heterocycles. The molecular formula is C14H17FN2O. The van der Waals surface area contributed by atoms with Crippen LogP contribution in [0.25, 0.3) is 0 Å². The van der Waals surface area contributed by atoms with Gasteiger partial charge in [-0.05, 0) is 37.0 Å². The minimum Gasteiger partial charge on any atom is -0.381 e. The average Bonchev–Trinajstić information content (AvgIpc) is 2.39. The fourth-order valence-corrected chi connectivity index (χ4v) is 2.30. The van der Waals surface area contributed by atoms with E-state index in [9.17, 15) is 4.39 Å². The molecule has 0 aliphatic carbocycles. The molecule has 3 nitrogen and oxygen atoms in total. The summed E-state index contributed by atoms with van der Waals surface area (Å²) in [6, 6.07) is 6.40. The van der Waals surface area contributed by atoms with Gasteiger partial charge < -0.3 is 9.64 Å². The number of benzene rings is 1. The van der Waals surface area contributed by atoms with Crippen molar-refractivity contribution in [3.8, 4) is 6.07 Å². The van der Waals surface area contributed by atoms with Crippen molar-refractivity contribution in [1.29, 1.82) is 5.26 Å². The van der Waals surface area contributed by atoms with Crippen molar-refractivity contribution < 1.29 is 9.13 Å². The van der Waals surface area contributed by atoms with Gasteiger partial charge in [-0.25, -0.2) is 4.39 Å². The van der Waals surface area contributed by atoms with Crippen molar-refractivity contribution >= 4 is 5.69 Å². The van der Waals surface area contributed by atoms with Crippen molar-refractivity contribution in [2.24, 2.45) is 5.92 Å². The van der Waals surface area contributed by atoms with Crippen molar-refractivity contribution in [2.45, 2.75) is 12.8 Å². The number of anilines is 1. The SMILES string of the molecule is CN(CC1CCCOC1)c1cc(F)cc(C#N)c1. The zero-order valence-corrected chi connectivity index (χ0v) is 10.5. The highest BCUT2D eigenvalue weighted by atomic mass is 19.1. The van der Waals surface area contributed by atoms with Gasteiger partial charge >= 0.3 is 0 Å². The van der Waals surface area contributed by atoms with Gasteiger partial charge in [-0.1, -0.05) is 0 Å². The summed E-state index contributed by atoms with van der Waals surface area (Å²) in [5.41, 5.74) is 1.11. The first kappa shape index (κ1) is 12.8. The normalized spacial score (nSPS) is 19.3. The molecule has 1 heterocycles. The van der Waals surface area contributed by atoms with Gasteiger partial charge in [-0.2, -0.15) is 5.26 Å². The van der Waals surface area contributed by atoms with Crippen LogP contribution in [-0.2, 0) is 4.74 Å². The van der Waals surface area contributed by atoms with E-state index < -0.39 is 0 Å². The molecule has 1 aromatic rings. The largest absolute Gasteiger partial charge is 0.381 e. The topological polar surface area (TPSA) is 36.3 Å². The number of hydrogen-bond donors (Lipinski definition) is 0. The molecule has 0 radical (unpaired) electrons. The summed E-state index contributed by atoms with van der Waals surface area (Å²) in [7, 11) is 1.92. The molecule has 0 amide bonds. The molecule has 0 bridgehead atoms. The highest BCUT2D eigenvalue weighted by Crippen LogP contribution is 2.21. The van der Waals surface area contributed by atoms with E-state index in [1.165, 1.54) is 12.1 Å². The summed E-state index contributed by atoms with van der Waals surface area (Å²) < 4.78 is 18.8. The molecule has 1 saturated heterocycles. The van der Waals surface area contributed by atoms with E-state index in [1.54, 1.807) is 6.07 Å². The minimum atomic E-state index is -0.365. The molecule has 0 saturated carbocycles. The lowest BCUT2D eigenvalue weighted by Gasteiger charge is -2.28. The first-order chi connectivity index (χ1) is 8.69. The maximum atomic E-state index is 13.4. The Kier molecular flexibility index (Phi) is 4.16. The second-order valence-corrected chi connectivity index (χ2v) is 4.77. The smallest absolute Gasteiger partial charge is 0.126 e. The Bertz CT molecular complexity index is 450. The number of nitrogens with zero attached hydrogens (tertiary/aromatic N) is 2. The average molecular weight is 248 g/mol. The number of rotatable bonds is 3. The molecule has 1 aliphatic rings. The van der Waals surface area contributed by atoms with E-state index in [-0.39, 0.29) is 5.82 Å². The molecule has 2 rings (SSSR count). The molecular weight excluding hydrogens is 231 g/mol. The molecule has 1 atom stereocenters. The first-order valence-corrected chi connectivity index (χ1v) is 6.18. The van der Waals surface area contributed by atoms with Crippen LogP contribution >= 0.6 is 0 Å². The van der Waals surface area contributed by atoms with E-state index in [4.69, 9.17) is 10.00 Å². The quantitative estimate of drug-likeness (QED) is 0.824. The molecule has 1 aromatic carbocycles. The first-order valence-electron chi connectivity index (χ1n) is 6.18. The molecule has 18 heavy (non-hydrogen) atoms. The number of nitriles is 1. The van der Waals surface area contributed by atoms with Gasteiger partial charge in [0, 0.05) is 25.9 Å². The summed E-state index contributed by atoms with van der Waals surface area (Å²) in [6.45, 7) is 2.44. The molecule has 0 aromatic heterocycles. The Morgan fingerprint density at radius 3 is 3.00 bits per heavy atom. The molecule has 0 N–H and O–H groups in total. The maximum absolute atomic E-state index is 13.4. The Morgan fingerprint density at radius 1 is 1.50 bits per heavy atom. The maximum Gasteiger partial charge on any atom is 0.126 e. The third kappa shape index (κ3) is 3.21. The van der Waals surface area contributed by atoms with Gasteiger partial charge in [-0.3, -0.25) is 0 Å². The van der Waals surface area contributed by atoms with Crippen molar-refractivity contribution in [3.63, 3.8) is 0 Å². The monoisotopic (exact) mass is 248 g/mol. The van der Waals surface area contributed by atoms with Crippen molar-refractivity contribution in [1.82, 2.24) is 0 Å². The summed E-state index contributed by atoms with van der Waals surface area (Å²) in [6.07, 6.45) is 2.23. The highest BCUT2D eigenvalue weighted by Gasteiger charge is 2.16. The predicted molar refractivity (Wildman–Crippen MR) is 67.9 cm³/mol. The van der Waals surface area contributed by atoms with Gasteiger partial charge in [0.25, 0.3) is 0 Å². The van der Waals surface area contributed by atoms with Gasteiger partial charge in [0.1, 0.15) is 5.82 Å². The van der Waals surface area contributed by atoms with E-state index in [0.717, 1.165) is 38.3 Å². The van der Waals surface area contributed by atoms with Gasteiger partial charge in [0.15, 0.2) is 0 Å². The van der Waals surface area contributed by atoms with Crippen LogP contribution in [0.2, 0.25) is 0 Å². The van der Waals surface area contributed by atoms with Crippen LogP contribution in [0.3, 0.4) is 0 Å². The van der Waals surface area contributed by atoms with E-state index in [1.807, 2.05) is 18.0 Å². The molecule has 1 fully saturated rings. The predicted octanol–water partition coefficient (Wildman–Crippen LogP) is 2.56. The van der Waals surface area contributed by atoms with E-state index >= 15 is 0 Å². The zero-order valence-electron chi connectivity index (χ0n) is 10.5. The standard InChI is InChI=1S/C14H17FN2O/c1-17(9-11-3-2-4-18-10-11)14-6-12(8-16)5-13(15)7-14/h5-7,11H,2-4,9-10H2,1H3. The third-order valence-corrected chi connectivity index (χ3v) is 3.24. The van der Waals surface area contributed by atoms with Crippen LogP contribution in [0.1, 0.15) is 18.4 Å². The lowest BCUT2D eigenvalue weighted by Crippen LogP contribution is -2.30. The fourth-order valence-electron chi connectivity index (χ4n) is 2.30. The van der Waals surface area contributed by atoms with Crippen LogP contribution < -0.4 is 4.90 Å². The van der Waals surface area contributed by atoms with Crippen LogP contribution in [0.15, 0.2) is 18.2 Å². The summed E-state index contributed by atoms with van der Waals surface area (Å²) >= 11 is 0. The minimum absolute atomic E-state index is 0.358. The van der Waals surface area contributed by atoms with Gasteiger partial charge in [0.05, 0.1) is 18.2 Å². The molecule has 96 valence electrons. The van der Waals surface area contributed by atoms with E-state index in [0.29, 0.717) is 11.5 Å². The second kappa shape index (κ2) is 5.83. The van der Waals surface area contributed by atoms with Gasteiger partial charge in [0.2, 0.25) is 0 Å².